The van der Waals surface area contributed by atoms with Crippen molar-refractivity contribution >= 4 is 29.1 Å². The molecular weight excluding hydrogens is 374 g/mol. The Balaban J connectivity index is 0.00000225. The first kappa shape index (κ1) is 20.4. The van der Waals surface area contributed by atoms with Gasteiger partial charge in [-0.25, -0.2) is 9.97 Å². The zero-order valence-corrected chi connectivity index (χ0v) is 17.0. The van der Waals surface area contributed by atoms with Gasteiger partial charge in [0.15, 0.2) is 0 Å². The highest BCUT2D eigenvalue weighted by Gasteiger charge is 2.15. The molecule has 2 N–H and O–H groups in total. The average Bonchev–Trinajstić information content (AvgIpc) is 2.69. The summed E-state index contributed by atoms with van der Waals surface area (Å²) in [5.41, 5.74) is 3.59. The second-order valence-electron chi connectivity index (χ2n) is 7.06. The maximum absolute atomic E-state index is 4.53. The van der Waals surface area contributed by atoms with Gasteiger partial charge in [-0.3, -0.25) is 14.9 Å². The lowest BCUT2D eigenvalue weighted by Crippen LogP contribution is -2.47. The third-order valence-corrected chi connectivity index (χ3v) is 4.85. The number of nitrogens with zero attached hydrogens (tertiary/aromatic N) is 5. The summed E-state index contributed by atoms with van der Waals surface area (Å²) in [6, 6.07) is 6.40. The normalized spacial score (nSPS) is 15.8. The van der Waals surface area contributed by atoms with Crippen LogP contribution in [0.5, 0.6) is 0 Å². The number of hydrogen-bond acceptors (Lipinski definition) is 7. The smallest absolute Gasteiger partial charge is 0.137 e. The van der Waals surface area contributed by atoms with Crippen molar-refractivity contribution < 1.29 is 0 Å². The zero-order chi connectivity index (χ0) is 18.6. The lowest BCUT2D eigenvalue weighted by molar-refractivity contribution is 0.235. The molecule has 1 aromatic carbocycles. The third-order valence-electron chi connectivity index (χ3n) is 4.85. The van der Waals surface area contributed by atoms with Gasteiger partial charge in [0.2, 0.25) is 0 Å². The van der Waals surface area contributed by atoms with Crippen molar-refractivity contribution in [2.45, 2.75) is 19.9 Å². The highest BCUT2D eigenvalue weighted by atomic mass is 35.5. The molecule has 1 saturated heterocycles. The molecule has 3 aromatic rings. The van der Waals surface area contributed by atoms with Crippen LogP contribution < -0.4 is 10.6 Å². The molecular formula is C20H26ClN7. The molecule has 8 heteroatoms. The van der Waals surface area contributed by atoms with Crippen molar-refractivity contribution in [2.24, 2.45) is 0 Å². The number of fused-ring (bicyclic) bond motifs is 1. The second kappa shape index (κ2) is 9.23. The van der Waals surface area contributed by atoms with Crippen molar-refractivity contribution in [1.82, 2.24) is 30.2 Å². The summed E-state index contributed by atoms with van der Waals surface area (Å²) in [6.07, 6.45) is 5.20. The van der Waals surface area contributed by atoms with Crippen LogP contribution in [0.25, 0.3) is 22.2 Å². The fourth-order valence-corrected chi connectivity index (χ4v) is 3.50. The van der Waals surface area contributed by atoms with Gasteiger partial charge in [0.1, 0.15) is 12.1 Å². The predicted octanol–water partition coefficient (Wildman–Crippen LogP) is 2.52. The monoisotopic (exact) mass is 399 g/mol. The maximum atomic E-state index is 4.53. The first-order valence-electron chi connectivity index (χ1n) is 9.43. The number of anilines is 1. The van der Waals surface area contributed by atoms with Crippen LogP contribution >= 0.6 is 12.4 Å². The van der Waals surface area contributed by atoms with Gasteiger partial charge >= 0.3 is 0 Å². The Bertz CT molecular complexity index is 910. The summed E-state index contributed by atoms with van der Waals surface area (Å²) in [5, 5.41) is 7.97. The van der Waals surface area contributed by atoms with Crippen molar-refractivity contribution in [2.75, 3.05) is 38.0 Å². The first-order chi connectivity index (χ1) is 13.2. The van der Waals surface area contributed by atoms with Crippen molar-refractivity contribution in [3.05, 3.63) is 42.6 Å². The van der Waals surface area contributed by atoms with E-state index in [1.807, 2.05) is 19.1 Å². The number of hydrogen-bond donors (Lipinski definition) is 2. The largest absolute Gasteiger partial charge is 0.366 e. The Morgan fingerprint density at radius 2 is 1.93 bits per heavy atom. The van der Waals surface area contributed by atoms with Crippen LogP contribution in [-0.4, -0.2) is 63.6 Å². The summed E-state index contributed by atoms with van der Waals surface area (Å²) in [7, 11) is 0. The van der Waals surface area contributed by atoms with Crippen molar-refractivity contribution in [3.8, 4) is 11.3 Å². The molecule has 4 rings (SSSR count). The summed E-state index contributed by atoms with van der Waals surface area (Å²) in [4.78, 5) is 20.4. The Morgan fingerprint density at radius 1 is 1.11 bits per heavy atom. The molecule has 1 aliphatic heterocycles. The van der Waals surface area contributed by atoms with Crippen molar-refractivity contribution in [1.29, 1.82) is 0 Å². The lowest BCUT2D eigenvalue weighted by atomic mass is 10.1. The molecule has 1 unspecified atom stereocenters. The van der Waals surface area contributed by atoms with Crippen LogP contribution in [-0.2, 0) is 0 Å². The van der Waals surface area contributed by atoms with E-state index in [-0.39, 0.29) is 12.4 Å². The quantitative estimate of drug-likeness (QED) is 0.682. The fraction of sp³-hybridized carbons (Fsp3) is 0.400. The molecule has 0 radical (unpaired) electrons. The fourth-order valence-electron chi connectivity index (χ4n) is 3.50. The summed E-state index contributed by atoms with van der Waals surface area (Å²) in [5.74, 6) is 0.865. The SMILES string of the molecule is Cc1cnc(-c2cccc3c(NC(C)CN4CCNCC4)ncnc23)cn1.Cl. The third kappa shape index (κ3) is 4.55. The predicted molar refractivity (Wildman–Crippen MR) is 115 cm³/mol. The molecule has 0 aliphatic carbocycles. The molecule has 1 aliphatic rings. The first-order valence-corrected chi connectivity index (χ1v) is 9.43. The second-order valence-corrected chi connectivity index (χ2v) is 7.06. The summed E-state index contributed by atoms with van der Waals surface area (Å²) < 4.78 is 0. The van der Waals surface area contributed by atoms with E-state index in [4.69, 9.17) is 0 Å². The zero-order valence-electron chi connectivity index (χ0n) is 16.2. The topological polar surface area (TPSA) is 78.9 Å². The van der Waals surface area contributed by atoms with E-state index < -0.39 is 0 Å². The molecule has 2 aromatic heterocycles. The van der Waals surface area contributed by atoms with Gasteiger partial charge in [-0.15, -0.1) is 12.4 Å². The highest BCUT2D eigenvalue weighted by Crippen LogP contribution is 2.28. The van der Waals surface area contributed by atoms with Gasteiger partial charge in [-0.1, -0.05) is 12.1 Å². The van der Waals surface area contributed by atoms with Gasteiger partial charge in [0.25, 0.3) is 0 Å². The minimum atomic E-state index is 0. The number of aryl methyl sites for hydroxylation is 1. The van der Waals surface area contributed by atoms with E-state index in [1.165, 1.54) is 0 Å². The minimum absolute atomic E-state index is 0. The molecule has 0 spiro atoms. The van der Waals surface area contributed by atoms with E-state index in [1.54, 1.807) is 18.7 Å². The number of benzene rings is 1. The van der Waals surface area contributed by atoms with E-state index in [0.29, 0.717) is 6.04 Å². The maximum Gasteiger partial charge on any atom is 0.137 e. The Hall–Kier alpha value is -2.35. The molecule has 0 saturated carbocycles. The van der Waals surface area contributed by atoms with Gasteiger partial charge in [0.05, 0.1) is 23.1 Å². The van der Waals surface area contributed by atoms with Crippen LogP contribution in [0.1, 0.15) is 12.6 Å². The number of piperazine rings is 1. The summed E-state index contributed by atoms with van der Waals surface area (Å²) >= 11 is 0. The number of halogens is 1. The molecule has 1 atom stereocenters. The minimum Gasteiger partial charge on any atom is -0.366 e. The molecule has 28 heavy (non-hydrogen) atoms. The number of aromatic nitrogens is 4. The van der Waals surface area contributed by atoms with Crippen LogP contribution in [0.15, 0.2) is 36.9 Å². The van der Waals surface area contributed by atoms with Crippen LogP contribution in [0.3, 0.4) is 0 Å². The molecule has 3 heterocycles. The molecule has 0 amide bonds. The highest BCUT2D eigenvalue weighted by molar-refractivity contribution is 5.98. The molecule has 1 fully saturated rings. The van der Waals surface area contributed by atoms with E-state index >= 15 is 0 Å². The van der Waals surface area contributed by atoms with Crippen LogP contribution in [0, 0.1) is 6.92 Å². The lowest BCUT2D eigenvalue weighted by Gasteiger charge is -2.30. The average molecular weight is 400 g/mol. The van der Waals surface area contributed by atoms with Gasteiger partial charge in [0, 0.05) is 55.9 Å². The van der Waals surface area contributed by atoms with Crippen molar-refractivity contribution in [3.63, 3.8) is 0 Å². The van der Waals surface area contributed by atoms with Crippen LogP contribution in [0.4, 0.5) is 5.82 Å². The van der Waals surface area contributed by atoms with Crippen LogP contribution in [0.2, 0.25) is 0 Å². The van der Waals surface area contributed by atoms with E-state index in [0.717, 1.165) is 66.4 Å². The number of nitrogens with one attached hydrogen (secondary N) is 2. The molecule has 7 nitrogen and oxygen atoms in total. The van der Waals surface area contributed by atoms with E-state index in [2.05, 4.69) is 48.5 Å². The summed E-state index contributed by atoms with van der Waals surface area (Å²) in [6.45, 7) is 9.43. The van der Waals surface area contributed by atoms with E-state index in [9.17, 15) is 0 Å². The standard InChI is InChI=1S/C20H25N7.ClH/c1-14-10-23-18(11-22-14)16-4-3-5-17-19(16)24-13-25-20(17)26-15(2)12-27-8-6-21-7-9-27;/h3-5,10-11,13,15,21H,6-9,12H2,1-2H3,(H,24,25,26);1H. The van der Waals surface area contributed by atoms with Gasteiger partial charge < -0.3 is 10.6 Å². The van der Waals surface area contributed by atoms with Gasteiger partial charge in [-0.2, -0.15) is 0 Å². The number of para-hydroxylation sites is 1. The Labute approximate surface area is 171 Å². The Morgan fingerprint density at radius 3 is 2.68 bits per heavy atom. The molecule has 148 valence electrons. The number of rotatable bonds is 5. The Kier molecular flexibility index (Phi) is 6.72. The molecule has 0 bridgehead atoms. The van der Waals surface area contributed by atoms with Gasteiger partial charge in [-0.05, 0) is 19.9 Å².